The number of benzene rings is 1. The maximum absolute atomic E-state index is 11.4. The molecule has 0 aliphatic carbocycles. The van der Waals surface area contributed by atoms with E-state index < -0.39 is 0 Å². The van der Waals surface area contributed by atoms with Gasteiger partial charge in [-0.1, -0.05) is 23.5 Å². The second kappa shape index (κ2) is 3.06. The molecule has 0 aliphatic rings. The molecule has 0 saturated carbocycles. The van der Waals surface area contributed by atoms with E-state index >= 15 is 0 Å². The Morgan fingerprint density at radius 1 is 1.33 bits per heavy atom. The molecular formula is C10H7N3OS. The third-order valence-electron chi connectivity index (χ3n) is 2.17. The highest BCUT2D eigenvalue weighted by atomic mass is 32.1. The van der Waals surface area contributed by atoms with Crippen LogP contribution in [-0.2, 0) is 0 Å². The third-order valence-corrected chi connectivity index (χ3v) is 3.02. The van der Waals surface area contributed by atoms with Gasteiger partial charge in [-0.25, -0.2) is 4.98 Å². The largest absolute Gasteiger partial charge is 0.618 e. The van der Waals surface area contributed by atoms with Crippen molar-refractivity contribution < 1.29 is 4.73 Å². The average molecular weight is 217 g/mol. The second-order valence-electron chi connectivity index (χ2n) is 3.14. The van der Waals surface area contributed by atoms with Crippen LogP contribution in [0.5, 0.6) is 0 Å². The van der Waals surface area contributed by atoms with Crippen molar-refractivity contribution in [3.8, 4) is 10.8 Å². The molecule has 1 aromatic carbocycles. The molecule has 4 nitrogen and oxygen atoms in total. The topological polar surface area (TPSA) is 55.6 Å². The van der Waals surface area contributed by atoms with Crippen LogP contribution in [0, 0.1) is 5.21 Å². The van der Waals surface area contributed by atoms with Crippen LogP contribution in [0.25, 0.3) is 21.9 Å². The Hall–Kier alpha value is -1.88. The summed E-state index contributed by atoms with van der Waals surface area (Å²) in [6.45, 7) is 0. The van der Waals surface area contributed by atoms with Crippen LogP contribution in [0.2, 0.25) is 0 Å². The fourth-order valence-electron chi connectivity index (χ4n) is 1.48. The van der Waals surface area contributed by atoms with Gasteiger partial charge in [0.05, 0.1) is 16.4 Å². The summed E-state index contributed by atoms with van der Waals surface area (Å²) in [4.78, 5) is 7.47. The summed E-state index contributed by atoms with van der Waals surface area (Å²) < 4.78 is 0.822. The first kappa shape index (κ1) is 8.43. The predicted octanol–water partition coefficient (Wildman–Crippen LogP) is 1.92. The number of para-hydroxylation sites is 2. The fraction of sp³-hybridized carbons (Fsp3) is 0. The van der Waals surface area contributed by atoms with Crippen LogP contribution >= 0.6 is 11.3 Å². The van der Waals surface area contributed by atoms with Gasteiger partial charge in [0.15, 0.2) is 6.20 Å². The van der Waals surface area contributed by atoms with Crippen molar-refractivity contribution in [2.75, 3.05) is 0 Å². The number of imidazole rings is 1. The summed E-state index contributed by atoms with van der Waals surface area (Å²) >= 11 is 1.37. The number of nitrogens with one attached hydrogen (secondary N) is 1. The minimum Gasteiger partial charge on any atom is -0.618 e. The fourth-order valence-corrected chi connectivity index (χ4v) is 2.16. The predicted molar refractivity (Wildman–Crippen MR) is 58.4 cm³/mol. The van der Waals surface area contributed by atoms with Crippen LogP contribution in [0.4, 0.5) is 0 Å². The van der Waals surface area contributed by atoms with Gasteiger partial charge in [0.25, 0.3) is 0 Å². The van der Waals surface area contributed by atoms with Crippen LogP contribution in [0.15, 0.2) is 35.8 Å². The maximum Gasteiger partial charge on any atom is 0.316 e. The lowest BCUT2D eigenvalue weighted by Gasteiger charge is -1.91. The Morgan fingerprint density at radius 2 is 2.20 bits per heavy atom. The third kappa shape index (κ3) is 1.28. The van der Waals surface area contributed by atoms with Gasteiger partial charge in [-0.3, -0.25) is 0 Å². The second-order valence-corrected chi connectivity index (χ2v) is 4.03. The van der Waals surface area contributed by atoms with Crippen molar-refractivity contribution in [2.45, 2.75) is 0 Å². The first-order chi connectivity index (χ1) is 7.34. The Balaban J connectivity index is 2.24. The lowest BCUT2D eigenvalue weighted by atomic mass is 10.3. The van der Waals surface area contributed by atoms with E-state index in [0.717, 1.165) is 15.8 Å². The first-order valence-corrected chi connectivity index (χ1v) is 5.34. The van der Waals surface area contributed by atoms with Crippen molar-refractivity contribution >= 4 is 22.4 Å². The summed E-state index contributed by atoms with van der Waals surface area (Å²) in [7, 11) is 0. The number of H-pyrrole nitrogens is 1. The summed E-state index contributed by atoms with van der Waals surface area (Å²) in [6, 6.07) is 7.71. The lowest BCUT2D eigenvalue weighted by molar-refractivity contribution is -0.589. The van der Waals surface area contributed by atoms with Crippen molar-refractivity contribution in [3.05, 3.63) is 41.0 Å². The summed E-state index contributed by atoms with van der Waals surface area (Å²) in [5.74, 6) is 0.626. The Kier molecular flexibility index (Phi) is 1.72. The number of hydrogen-bond acceptors (Lipinski definition) is 3. The van der Waals surface area contributed by atoms with E-state index in [2.05, 4.69) is 9.97 Å². The van der Waals surface area contributed by atoms with Crippen LogP contribution in [0.1, 0.15) is 0 Å². The van der Waals surface area contributed by atoms with E-state index in [9.17, 15) is 5.21 Å². The zero-order valence-electron chi connectivity index (χ0n) is 7.68. The van der Waals surface area contributed by atoms with Gasteiger partial charge in [-0.05, 0) is 12.1 Å². The van der Waals surface area contributed by atoms with Crippen molar-refractivity contribution in [2.24, 2.45) is 0 Å². The molecule has 2 heterocycles. The molecule has 0 saturated heterocycles. The van der Waals surface area contributed by atoms with Crippen LogP contribution in [-0.4, -0.2) is 9.97 Å². The Bertz CT molecular complexity index is 581. The minimum atomic E-state index is 0.589. The molecule has 1 N–H and O–H groups in total. The highest BCUT2D eigenvalue weighted by Gasteiger charge is 2.14. The molecule has 3 rings (SSSR count). The number of nitrogens with zero attached hydrogens (tertiary/aromatic N) is 2. The number of aromatic nitrogens is 3. The van der Waals surface area contributed by atoms with E-state index in [1.165, 1.54) is 17.5 Å². The standard InChI is InChI=1S/C10H7N3OS/c14-13-5-6-15-10(13)9-11-7-3-1-2-4-8(7)12-9/h1-6H,(H,11,12). The number of fused-ring (bicyclic) bond motifs is 1. The maximum atomic E-state index is 11.4. The van der Waals surface area contributed by atoms with Gasteiger partial charge < -0.3 is 10.2 Å². The molecule has 0 aliphatic heterocycles. The summed E-state index contributed by atoms with van der Waals surface area (Å²) in [5.41, 5.74) is 1.82. The Labute approximate surface area is 89.4 Å². The van der Waals surface area contributed by atoms with Crippen molar-refractivity contribution in [1.29, 1.82) is 0 Å². The highest BCUT2D eigenvalue weighted by Crippen LogP contribution is 2.20. The molecule has 0 bridgehead atoms. The van der Waals surface area contributed by atoms with Gasteiger partial charge >= 0.3 is 5.01 Å². The smallest absolute Gasteiger partial charge is 0.316 e. The van der Waals surface area contributed by atoms with Gasteiger partial charge in [-0.15, -0.1) is 0 Å². The van der Waals surface area contributed by atoms with Crippen LogP contribution < -0.4 is 4.73 Å². The first-order valence-electron chi connectivity index (χ1n) is 4.46. The monoisotopic (exact) mass is 217 g/mol. The van der Waals surface area contributed by atoms with Crippen molar-refractivity contribution in [3.63, 3.8) is 0 Å². The minimum absolute atomic E-state index is 0.589. The highest BCUT2D eigenvalue weighted by molar-refractivity contribution is 7.12. The number of rotatable bonds is 1. The quantitative estimate of drug-likeness (QED) is 0.500. The molecular weight excluding hydrogens is 210 g/mol. The SMILES string of the molecule is [O-][n+]1ccsc1-c1nc2ccccc2[nH]1. The van der Waals surface area contributed by atoms with Crippen LogP contribution in [0.3, 0.4) is 0 Å². The molecule has 2 aromatic heterocycles. The molecule has 0 unspecified atom stereocenters. The zero-order valence-corrected chi connectivity index (χ0v) is 8.49. The van der Waals surface area contributed by atoms with Gasteiger partial charge in [0.1, 0.15) is 0 Å². The van der Waals surface area contributed by atoms with E-state index in [4.69, 9.17) is 0 Å². The molecule has 0 atom stereocenters. The molecule has 0 radical (unpaired) electrons. The molecule has 0 fully saturated rings. The number of hydrogen-bond donors (Lipinski definition) is 1. The van der Waals surface area contributed by atoms with Crippen molar-refractivity contribution in [1.82, 2.24) is 9.97 Å². The number of aromatic amines is 1. The molecule has 15 heavy (non-hydrogen) atoms. The molecule has 0 spiro atoms. The molecule has 5 heteroatoms. The molecule has 3 aromatic rings. The number of thiazole rings is 1. The zero-order chi connectivity index (χ0) is 10.3. The van der Waals surface area contributed by atoms with Gasteiger partial charge in [-0.2, -0.15) is 4.73 Å². The summed E-state index contributed by atoms with van der Waals surface area (Å²) in [6.07, 6.45) is 1.48. The van der Waals surface area contributed by atoms with E-state index in [0.29, 0.717) is 10.8 Å². The lowest BCUT2D eigenvalue weighted by Crippen LogP contribution is -2.24. The van der Waals surface area contributed by atoms with E-state index in [1.54, 1.807) is 5.38 Å². The van der Waals surface area contributed by atoms with Gasteiger partial charge in [0.2, 0.25) is 5.82 Å². The van der Waals surface area contributed by atoms with Gasteiger partial charge in [0, 0.05) is 0 Å². The Morgan fingerprint density at radius 3 is 2.93 bits per heavy atom. The molecule has 0 amide bonds. The average Bonchev–Trinajstić information content (AvgIpc) is 2.82. The molecule has 74 valence electrons. The summed E-state index contributed by atoms with van der Waals surface area (Å²) in [5, 5.41) is 13.7. The van der Waals surface area contributed by atoms with E-state index in [-0.39, 0.29) is 0 Å². The normalized spacial score (nSPS) is 10.9. The van der Waals surface area contributed by atoms with E-state index in [1.807, 2.05) is 24.3 Å².